The average molecular weight is 406 g/mol. The molecule has 1 aliphatic heterocycles. The van der Waals surface area contributed by atoms with Crippen molar-refractivity contribution in [2.45, 2.75) is 18.9 Å². The molecule has 8 nitrogen and oxygen atoms in total. The van der Waals surface area contributed by atoms with E-state index < -0.39 is 6.10 Å². The van der Waals surface area contributed by atoms with Gasteiger partial charge in [-0.05, 0) is 28.8 Å². The van der Waals surface area contributed by atoms with E-state index in [1.54, 1.807) is 17.2 Å². The van der Waals surface area contributed by atoms with Crippen LogP contribution in [-0.4, -0.2) is 47.5 Å². The summed E-state index contributed by atoms with van der Waals surface area (Å²) in [4.78, 5) is 15.4. The highest BCUT2D eigenvalue weighted by atomic mass is 79.9. The van der Waals surface area contributed by atoms with Crippen molar-refractivity contribution in [3.8, 4) is 0 Å². The van der Waals surface area contributed by atoms with Crippen LogP contribution in [-0.2, 0) is 14.1 Å². The van der Waals surface area contributed by atoms with Gasteiger partial charge in [0.2, 0.25) is 0 Å². The molecule has 4 rings (SSSR count). The predicted octanol–water partition coefficient (Wildman–Crippen LogP) is 1.81. The molecular weight excluding hydrogens is 386 g/mol. The first kappa shape index (κ1) is 16.5. The van der Waals surface area contributed by atoms with Gasteiger partial charge in [0.05, 0.1) is 5.39 Å². The summed E-state index contributed by atoms with van der Waals surface area (Å²) in [6.07, 6.45) is 6.53. The highest BCUT2D eigenvalue weighted by Gasteiger charge is 2.31. The molecule has 2 unspecified atom stereocenters. The summed E-state index contributed by atoms with van der Waals surface area (Å²) in [6, 6.07) is 0. The molecule has 3 aromatic heterocycles. The molecule has 2 atom stereocenters. The fraction of sp³-hybridized carbons (Fsp3) is 0.500. The number of imidazole rings is 1. The first-order valence-corrected chi connectivity index (χ1v) is 9.09. The van der Waals surface area contributed by atoms with E-state index in [-0.39, 0.29) is 5.92 Å². The second-order valence-electron chi connectivity index (χ2n) is 6.50. The minimum absolute atomic E-state index is 0.107. The van der Waals surface area contributed by atoms with Gasteiger partial charge in [0.25, 0.3) is 0 Å². The Bertz CT molecular complexity index is 905. The van der Waals surface area contributed by atoms with E-state index in [9.17, 15) is 5.11 Å². The molecule has 0 amide bonds. The van der Waals surface area contributed by atoms with E-state index in [4.69, 9.17) is 0 Å². The maximum Gasteiger partial charge on any atom is 0.164 e. The van der Waals surface area contributed by atoms with Gasteiger partial charge in [0.15, 0.2) is 5.65 Å². The van der Waals surface area contributed by atoms with Crippen LogP contribution < -0.4 is 4.90 Å². The zero-order valence-corrected chi connectivity index (χ0v) is 15.8. The van der Waals surface area contributed by atoms with Gasteiger partial charge in [-0.1, -0.05) is 0 Å². The summed E-state index contributed by atoms with van der Waals surface area (Å²) in [5, 5.41) is 16.1. The van der Waals surface area contributed by atoms with Crippen molar-refractivity contribution in [3.63, 3.8) is 0 Å². The molecule has 25 heavy (non-hydrogen) atoms. The third-order valence-corrected chi connectivity index (χ3v) is 5.44. The Labute approximate surface area is 153 Å². The molecule has 1 N–H and O–H groups in total. The summed E-state index contributed by atoms with van der Waals surface area (Å²) in [5.74, 6) is 1.68. The largest absolute Gasteiger partial charge is 0.385 e. The van der Waals surface area contributed by atoms with Gasteiger partial charge < -0.3 is 14.6 Å². The highest BCUT2D eigenvalue weighted by molar-refractivity contribution is 9.10. The number of aliphatic hydroxyl groups excluding tert-OH is 1. The van der Waals surface area contributed by atoms with Crippen LogP contribution in [0.25, 0.3) is 11.0 Å². The van der Waals surface area contributed by atoms with Crippen molar-refractivity contribution in [1.82, 2.24) is 29.3 Å². The number of aryl methyl sites for hydroxylation is 2. The number of anilines is 1. The van der Waals surface area contributed by atoms with Crippen LogP contribution >= 0.6 is 15.9 Å². The third-order valence-electron chi connectivity index (χ3n) is 4.88. The number of aliphatic hydroxyl groups is 1. The number of hydrogen-bond acceptors (Lipinski definition) is 6. The number of hydrogen-bond donors (Lipinski definition) is 1. The van der Waals surface area contributed by atoms with Crippen LogP contribution in [0.4, 0.5) is 5.82 Å². The molecule has 9 heteroatoms. The number of aromatic nitrogens is 6. The van der Waals surface area contributed by atoms with Crippen LogP contribution in [0.2, 0.25) is 0 Å². The lowest BCUT2D eigenvalue weighted by atomic mass is 9.92. The monoisotopic (exact) mass is 405 g/mol. The minimum Gasteiger partial charge on any atom is -0.385 e. The third kappa shape index (κ3) is 2.81. The van der Waals surface area contributed by atoms with Crippen LogP contribution in [0.3, 0.4) is 0 Å². The van der Waals surface area contributed by atoms with E-state index in [0.29, 0.717) is 5.82 Å². The van der Waals surface area contributed by atoms with Gasteiger partial charge in [-0.3, -0.25) is 0 Å². The molecule has 4 heterocycles. The number of halogens is 1. The molecule has 3 aromatic rings. The van der Waals surface area contributed by atoms with Crippen LogP contribution in [0.1, 0.15) is 24.8 Å². The Morgan fingerprint density at radius 3 is 2.88 bits per heavy atom. The molecule has 0 aromatic carbocycles. The summed E-state index contributed by atoms with van der Waals surface area (Å²) in [5.41, 5.74) is 0.795. The predicted molar refractivity (Wildman–Crippen MR) is 97.1 cm³/mol. The smallest absolute Gasteiger partial charge is 0.164 e. The van der Waals surface area contributed by atoms with E-state index in [0.717, 1.165) is 47.4 Å². The average Bonchev–Trinajstić information content (AvgIpc) is 3.18. The second-order valence-corrected chi connectivity index (χ2v) is 7.25. The summed E-state index contributed by atoms with van der Waals surface area (Å²) >= 11 is 3.52. The van der Waals surface area contributed by atoms with E-state index in [1.807, 2.05) is 24.9 Å². The quantitative estimate of drug-likeness (QED) is 0.714. The standard InChI is InChI=1S/C16H20BrN7O/c1-22-7-5-18-16(22)12(25)10-4-3-6-24(8-10)15-11-13(17)21-23(2)14(11)19-9-20-15/h5,7,9-10,12,25H,3-4,6,8H2,1-2H3. The van der Waals surface area contributed by atoms with Crippen molar-refractivity contribution in [1.29, 1.82) is 0 Å². The molecule has 0 spiro atoms. The topological polar surface area (TPSA) is 84.9 Å². The van der Waals surface area contributed by atoms with Gasteiger partial charge in [0.1, 0.15) is 28.7 Å². The van der Waals surface area contributed by atoms with E-state index in [2.05, 4.69) is 40.9 Å². The lowest BCUT2D eigenvalue weighted by molar-refractivity contribution is 0.0874. The summed E-state index contributed by atoms with van der Waals surface area (Å²) in [6.45, 7) is 1.62. The summed E-state index contributed by atoms with van der Waals surface area (Å²) < 4.78 is 4.37. The Morgan fingerprint density at radius 1 is 1.28 bits per heavy atom. The van der Waals surface area contributed by atoms with E-state index in [1.165, 1.54) is 0 Å². The fourth-order valence-electron chi connectivity index (χ4n) is 3.60. The lowest BCUT2D eigenvalue weighted by Gasteiger charge is -2.35. The minimum atomic E-state index is -0.586. The summed E-state index contributed by atoms with van der Waals surface area (Å²) in [7, 11) is 3.78. The molecule has 132 valence electrons. The number of piperidine rings is 1. The highest BCUT2D eigenvalue weighted by Crippen LogP contribution is 2.34. The van der Waals surface area contributed by atoms with Gasteiger partial charge in [-0.15, -0.1) is 0 Å². The lowest BCUT2D eigenvalue weighted by Crippen LogP contribution is -2.39. The molecule has 0 radical (unpaired) electrons. The molecule has 0 bridgehead atoms. The normalized spacial score (nSPS) is 19.5. The maximum absolute atomic E-state index is 10.8. The van der Waals surface area contributed by atoms with Gasteiger partial charge in [-0.2, -0.15) is 5.10 Å². The van der Waals surface area contributed by atoms with Crippen LogP contribution in [0, 0.1) is 5.92 Å². The molecular formula is C16H20BrN7O. The first-order valence-electron chi connectivity index (χ1n) is 8.29. The van der Waals surface area contributed by atoms with Crippen molar-refractivity contribution in [3.05, 3.63) is 29.1 Å². The zero-order valence-electron chi connectivity index (χ0n) is 14.2. The fourth-order valence-corrected chi connectivity index (χ4v) is 4.19. The van der Waals surface area contributed by atoms with Gasteiger partial charge >= 0.3 is 0 Å². The molecule has 0 saturated carbocycles. The zero-order chi connectivity index (χ0) is 17.6. The molecule has 0 aliphatic carbocycles. The maximum atomic E-state index is 10.8. The Hall–Kier alpha value is -2.00. The Morgan fingerprint density at radius 2 is 2.12 bits per heavy atom. The molecule has 1 aliphatic rings. The molecule has 1 saturated heterocycles. The molecule has 1 fully saturated rings. The second kappa shape index (κ2) is 6.38. The van der Waals surface area contributed by atoms with Crippen molar-refractivity contribution in [2.75, 3.05) is 18.0 Å². The van der Waals surface area contributed by atoms with Crippen molar-refractivity contribution >= 4 is 32.8 Å². The van der Waals surface area contributed by atoms with Crippen LogP contribution in [0.5, 0.6) is 0 Å². The Balaban J connectivity index is 1.65. The SMILES string of the molecule is Cn1ccnc1C(O)C1CCCN(c2ncnc3c2c(Br)nn3C)C1. The van der Waals surface area contributed by atoms with Crippen LogP contribution in [0.15, 0.2) is 23.3 Å². The number of rotatable bonds is 3. The van der Waals surface area contributed by atoms with Gasteiger partial charge in [-0.25, -0.2) is 19.6 Å². The number of nitrogens with zero attached hydrogens (tertiary/aromatic N) is 7. The first-order chi connectivity index (χ1) is 12.1. The van der Waals surface area contributed by atoms with E-state index >= 15 is 0 Å². The number of fused-ring (bicyclic) bond motifs is 1. The Kier molecular flexibility index (Phi) is 4.20. The van der Waals surface area contributed by atoms with Crippen molar-refractivity contribution < 1.29 is 5.11 Å². The van der Waals surface area contributed by atoms with Crippen molar-refractivity contribution in [2.24, 2.45) is 20.0 Å². The van der Waals surface area contributed by atoms with Gasteiger partial charge in [0, 0.05) is 45.5 Å².